The molecule has 0 atom stereocenters. The van der Waals surface area contributed by atoms with Gasteiger partial charge in [-0.1, -0.05) is 62.4 Å². The number of hydrogen-bond acceptors (Lipinski definition) is 5. The van der Waals surface area contributed by atoms with Crippen LogP contribution >= 0.6 is 0 Å². The van der Waals surface area contributed by atoms with E-state index in [1.165, 1.54) is 11.1 Å². The van der Waals surface area contributed by atoms with E-state index in [-0.39, 0.29) is 5.41 Å². The molecule has 4 aromatic carbocycles. The third kappa shape index (κ3) is 5.86. The van der Waals surface area contributed by atoms with E-state index in [0.29, 0.717) is 17.8 Å². The molecule has 0 spiro atoms. The Hall–Kier alpha value is -5.95. The van der Waals surface area contributed by atoms with Crippen LogP contribution in [0, 0.1) is 0 Å². The number of allylic oxidation sites excluding steroid dienone is 7. The summed E-state index contributed by atoms with van der Waals surface area (Å²) in [5.41, 5.74) is 11.8. The molecule has 7 rings (SSSR count). The molecule has 52 heavy (non-hydrogen) atoms. The van der Waals surface area contributed by atoms with E-state index in [2.05, 4.69) is 129 Å². The molecule has 0 aromatic heterocycles. The van der Waals surface area contributed by atoms with Crippen molar-refractivity contribution >= 4 is 40.9 Å². The van der Waals surface area contributed by atoms with Crippen molar-refractivity contribution < 1.29 is 24.0 Å². The molecule has 2 aliphatic heterocycles. The standard InChI is InChI=1S/C45H43N3O4/c1-44(2)36-27-32(43(50)51)19-23-38(36)46(5)40(44)25-20-30-17-18-31(42(30)48(33-13-9-7-10-14-33)34-15-11-8-12-16-34)21-26-41-45(3,4)37-28-35(52-29-49)22-24-39(37)47(41)6/h7-16,19-29H,17-18H2,1-6H3/p+1. The summed E-state index contributed by atoms with van der Waals surface area (Å²) in [6.45, 7) is 9.21. The number of rotatable bonds is 9. The Morgan fingerprint density at radius 3 is 2.13 bits per heavy atom. The number of carboxylic acid groups (broad SMARTS) is 1. The summed E-state index contributed by atoms with van der Waals surface area (Å²) >= 11 is 0. The number of ether oxygens (including phenoxy) is 1. The lowest BCUT2D eigenvalue weighted by Crippen LogP contribution is -2.26. The van der Waals surface area contributed by atoms with Gasteiger partial charge in [0.2, 0.25) is 5.69 Å². The summed E-state index contributed by atoms with van der Waals surface area (Å²) in [5, 5.41) is 9.72. The first-order valence-corrected chi connectivity index (χ1v) is 17.6. The van der Waals surface area contributed by atoms with E-state index in [0.717, 1.165) is 63.8 Å². The Balaban J connectivity index is 1.36. The number of carboxylic acids is 1. The molecule has 7 nitrogen and oxygen atoms in total. The predicted octanol–water partition coefficient (Wildman–Crippen LogP) is 9.61. The smallest absolute Gasteiger partial charge is 0.335 e. The van der Waals surface area contributed by atoms with Gasteiger partial charge in [0.05, 0.1) is 16.7 Å². The number of para-hydroxylation sites is 2. The highest BCUT2D eigenvalue weighted by atomic mass is 16.5. The molecule has 2 heterocycles. The largest absolute Gasteiger partial charge is 0.478 e. The molecule has 0 fully saturated rings. The Morgan fingerprint density at radius 2 is 1.50 bits per heavy atom. The third-order valence-electron chi connectivity index (χ3n) is 10.9. The second-order valence-corrected chi connectivity index (χ2v) is 14.6. The summed E-state index contributed by atoms with van der Waals surface area (Å²) in [5.74, 6) is -0.386. The first-order chi connectivity index (χ1) is 24.9. The van der Waals surface area contributed by atoms with Gasteiger partial charge in [0, 0.05) is 52.9 Å². The summed E-state index contributed by atoms with van der Waals surface area (Å²) in [6.07, 6.45) is 10.7. The number of likely N-dealkylation sites (N-methyl/N-ethyl adjacent to an activating group) is 1. The molecule has 3 aliphatic rings. The average molecular weight is 691 g/mol. The Morgan fingerprint density at radius 1 is 0.827 bits per heavy atom. The first kappa shape index (κ1) is 34.5. The van der Waals surface area contributed by atoms with Gasteiger partial charge in [0.25, 0.3) is 6.47 Å². The number of fused-ring (bicyclic) bond motifs is 2. The number of carbonyl (C=O) groups excluding carboxylic acids is 1. The Bertz CT molecular complexity index is 2200. The van der Waals surface area contributed by atoms with Crippen LogP contribution in [0.4, 0.5) is 22.7 Å². The number of hydrogen-bond donors (Lipinski definition) is 1. The van der Waals surface area contributed by atoms with Crippen molar-refractivity contribution in [3.05, 3.63) is 161 Å². The van der Waals surface area contributed by atoms with Gasteiger partial charge < -0.3 is 19.6 Å². The average Bonchev–Trinajstić information content (AvgIpc) is 3.68. The molecule has 262 valence electrons. The number of benzene rings is 4. The zero-order chi connectivity index (χ0) is 36.8. The molecular formula is C45H44N3O4+. The monoisotopic (exact) mass is 690 g/mol. The van der Waals surface area contributed by atoms with Gasteiger partial charge in [-0.3, -0.25) is 4.79 Å². The highest BCUT2D eigenvalue weighted by Crippen LogP contribution is 2.48. The molecule has 0 bridgehead atoms. The van der Waals surface area contributed by atoms with Crippen LogP contribution in [0.25, 0.3) is 0 Å². The van der Waals surface area contributed by atoms with Gasteiger partial charge in [-0.2, -0.15) is 4.58 Å². The topological polar surface area (TPSA) is 73.1 Å². The van der Waals surface area contributed by atoms with Crippen LogP contribution in [-0.2, 0) is 15.6 Å². The van der Waals surface area contributed by atoms with Crippen LogP contribution in [0.2, 0.25) is 0 Å². The fraction of sp³-hybridized carbons (Fsp3) is 0.222. The van der Waals surface area contributed by atoms with E-state index >= 15 is 0 Å². The maximum absolute atomic E-state index is 11.9. The SMILES string of the molecule is CN1C(=C/C=C2\CCC(C=CC3=[N+](C)c4ccc(OC=O)cc4C3(C)C)=C2N(c2ccccc2)c2ccccc2)C(C)(C)c2cc(C(=O)O)ccc21. The third-order valence-corrected chi connectivity index (χ3v) is 10.9. The fourth-order valence-electron chi connectivity index (χ4n) is 8.16. The van der Waals surface area contributed by atoms with E-state index < -0.39 is 11.4 Å². The van der Waals surface area contributed by atoms with Crippen molar-refractivity contribution in [3.63, 3.8) is 0 Å². The molecule has 0 radical (unpaired) electrons. The zero-order valence-electron chi connectivity index (χ0n) is 30.6. The number of nitrogens with zero attached hydrogens (tertiary/aromatic N) is 3. The molecule has 7 heteroatoms. The highest BCUT2D eigenvalue weighted by Gasteiger charge is 2.43. The lowest BCUT2D eigenvalue weighted by molar-refractivity contribution is -0.401. The minimum Gasteiger partial charge on any atom is -0.478 e. The van der Waals surface area contributed by atoms with Crippen molar-refractivity contribution in [2.24, 2.45) is 0 Å². The van der Waals surface area contributed by atoms with E-state index in [1.54, 1.807) is 6.07 Å². The molecular weight excluding hydrogens is 647 g/mol. The van der Waals surface area contributed by atoms with Gasteiger partial charge in [0.1, 0.15) is 12.8 Å². The molecule has 1 N–H and O–H groups in total. The summed E-state index contributed by atoms with van der Waals surface area (Å²) in [6, 6.07) is 32.2. The van der Waals surface area contributed by atoms with Crippen LogP contribution < -0.4 is 14.5 Å². The van der Waals surface area contributed by atoms with Gasteiger partial charge >= 0.3 is 5.97 Å². The zero-order valence-corrected chi connectivity index (χ0v) is 30.6. The first-order valence-electron chi connectivity index (χ1n) is 17.6. The Kier molecular flexibility index (Phi) is 8.83. The summed E-state index contributed by atoms with van der Waals surface area (Å²) in [4.78, 5) is 27.5. The highest BCUT2D eigenvalue weighted by molar-refractivity contribution is 6.03. The predicted molar refractivity (Wildman–Crippen MR) is 208 cm³/mol. The molecule has 0 saturated carbocycles. The number of aromatic carboxylic acids is 1. The maximum atomic E-state index is 11.9. The Labute approximate surface area is 305 Å². The fourth-order valence-corrected chi connectivity index (χ4v) is 8.16. The number of carbonyl (C=O) groups is 2. The lowest BCUT2D eigenvalue weighted by Gasteiger charge is -2.29. The normalized spacial score (nSPS) is 18.8. The van der Waals surface area contributed by atoms with Crippen LogP contribution in [0.3, 0.4) is 0 Å². The van der Waals surface area contributed by atoms with Crippen molar-refractivity contribution in [3.8, 4) is 5.75 Å². The molecule has 0 unspecified atom stereocenters. The lowest BCUT2D eigenvalue weighted by atomic mass is 9.81. The van der Waals surface area contributed by atoms with Crippen molar-refractivity contribution in [1.82, 2.24) is 0 Å². The number of anilines is 3. The second kappa shape index (κ2) is 13.3. The van der Waals surface area contributed by atoms with Crippen LogP contribution in [0.15, 0.2) is 144 Å². The minimum absolute atomic E-state index is 0.297. The molecule has 4 aromatic rings. The maximum Gasteiger partial charge on any atom is 0.335 e. The van der Waals surface area contributed by atoms with Crippen LogP contribution in [0.1, 0.15) is 62.0 Å². The van der Waals surface area contributed by atoms with E-state index in [4.69, 9.17) is 4.74 Å². The summed E-state index contributed by atoms with van der Waals surface area (Å²) in [7, 11) is 4.15. The van der Waals surface area contributed by atoms with Crippen molar-refractivity contribution in [2.45, 2.75) is 51.4 Å². The van der Waals surface area contributed by atoms with E-state index in [9.17, 15) is 14.7 Å². The molecule has 0 saturated heterocycles. The van der Waals surface area contributed by atoms with Gasteiger partial charge in [-0.25, -0.2) is 4.79 Å². The minimum atomic E-state index is -0.921. The van der Waals surface area contributed by atoms with Gasteiger partial charge in [-0.15, -0.1) is 0 Å². The van der Waals surface area contributed by atoms with E-state index in [1.807, 2.05) is 42.5 Å². The van der Waals surface area contributed by atoms with Gasteiger partial charge in [-0.05, 0) is 104 Å². The van der Waals surface area contributed by atoms with Crippen molar-refractivity contribution in [2.75, 3.05) is 23.9 Å². The quantitative estimate of drug-likeness (QED) is 0.139. The second-order valence-electron chi connectivity index (χ2n) is 14.6. The van der Waals surface area contributed by atoms with Crippen molar-refractivity contribution in [1.29, 1.82) is 0 Å². The van der Waals surface area contributed by atoms with Gasteiger partial charge in [0.15, 0.2) is 5.71 Å². The summed E-state index contributed by atoms with van der Waals surface area (Å²) < 4.78 is 7.43. The molecule has 1 aliphatic carbocycles. The van der Waals surface area contributed by atoms with Crippen LogP contribution in [0.5, 0.6) is 5.75 Å². The molecule has 0 amide bonds. The van der Waals surface area contributed by atoms with Crippen LogP contribution in [-0.4, -0.2) is 41.9 Å².